The van der Waals surface area contributed by atoms with Gasteiger partial charge in [0, 0.05) is 18.1 Å². The molecular weight excluding hydrogens is 280 g/mol. The summed E-state index contributed by atoms with van der Waals surface area (Å²) in [4.78, 5) is 2.10. The Kier molecular flexibility index (Phi) is 4.83. The third-order valence-corrected chi connectivity index (χ3v) is 2.86. The van der Waals surface area contributed by atoms with E-state index >= 15 is 0 Å². The van der Waals surface area contributed by atoms with Gasteiger partial charge in [-0.2, -0.15) is 0 Å². The molecule has 2 N–H and O–H groups in total. The average Bonchev–Trinajstić information content (AvgIpc) is 2.15. The van der Waals surface area contributed by atoms with Crippen LogP contribution in [0.1, 0.15) is 20.8 Å². The summed E-state index contributed by atoms with van der Waals surface area (Å²) in [6, 6.07) is 5.92. The first-order valence-corrected chi connectivity index (χ1v) is 6.49. The van der Waals surface area contributed by atoms with Gasteiger partial charge < -0.3 is 15.4 Å². The van der Waals surface area contributed by atoms with Crippen molar-refractivity contribution in [2.75, 3.05) is 30.8 Å². The van der Waals surface area contributed by atoms with Gasteiger partial charge >= 0.3 is 0 Å². The lowest BCUT2D eigenvalue weighted by atomic mass is 10.2. The fourth-order valence-electron chi connectivity index (χ4n) is 1.48. The smallest absolute Gasteiger partial charge is 0.0648 e. The molecule has 1 rings (SSSR count). The number of nitrogens with two attached hydrogens (primary N) is 1. The minimum atomic E-state index is -0.0912. The molecule has 0 radical (unpaired) electrons. The van der Waals surface area contributed by atoms with E-state index in [0.29, 0.717) is 6.61 Å². The maximum Gasteiger partial charge on any atom is 0.0648 e. The normalized spacial score (nSPS) is 11.6. The molecule has 0 amide bonds. The Hall–Kier alpha value is -0.740. The second kappa shape index (κ2) is 5.74. The third kappa shape index (κ3) is 4.96. The van der Waals surface area contributed by atoms with Crippen molar-refractivity contribution in [1.29, 1.82) is 0 Å². The summed E-state index contributed by atoms with van der Waals surface area (Å²) >= 11 is 3.40. The number of hydrogen-bond acceptors (Lipinski definition) is 3. The zero-order valence-corrected chi connectivity index (χ0v) is 12.5. The molecule has 0 aliphatic carbocycles. The van der Waals surface area contributed by atoms with Gasteiger partial charge in [0.2, 0.25) is 0 Å². The van der Waals surface area contributed by atoms with Gasteiger partial charge in [0.15, 0.2) is 0 Å². The molecule has 0 heterocycles. The number of rotatable bonds is 4. The number of nitrogens with zero attached hydrogens (tertiary/aromatic N) is 1. The van der Waals surface area contributed by atoms with Crippen molar-refractivity contribution in [2.45, 2.75) is 26.4 Å². The quantitative estimate of drug-likeness (QED) is 0.867. The average molecular weight is 301 g/mol. The van der Waals surface area contributed by atoms with Crippen LogP contribution in [0.2, 0.25) is 0 Å². The SMILES string of the molecule is CN(CCOC(C)(C)C)c1ccc(Br)cc1N. The monoisotopic (exact) mass is 300 g/mol. The predicted molar refractivity (Wildman–Crippen MR) is 77.5 cm³/mol. The number of hydrogen-bond donors (Lipinski definition) is 1. The molecule has 0 atom stereocenters. The van der Waals surface area contributed by atoms with Crippen molar-refractivity contribution in [2.24, 2.45) is 0 Å². The molecule has 0 saturated heterocycles. The van der Waals surface area contributed by atoms with Crippen LogP contribution in [0.5, 0.6) is 0 Å². The van der Waals surface area contributed by atoms with Crippen LogP contribution >= 0.6 is 15.9 Å². The molecule has 0 unspecified atom stereocenters. The summed E-state index contributed by atoms with van der Waals surface area (Å²) in [5.74, 6) is 0. The Morgan fingerprint density at radius 2 is 2.00 bits per heavy atom. The van der Waals surface area contributed by atoms with E-state index in [2.05, 4.69) is 41.6 Å². The molecule has 0 fully saturated rings. The number of anilines is 2. The number of halogens is 1. The van der Waals surface area contributed by atoms with Gasteiger partial charge in [-0.05, 0) is 39.0 Å². The second-order valence-electron chi connectivity index (χ2n) is 5.09. The molecule has 96 valence electrons. The summed E-state index contributed by atoms with van der Waals surface area (Å²) in [6.07, 6.45) is 0. The topological polar surface area (TPSA) is 38.5 Å². The molecule has 0 aromatic heterocycles. The summed E-state index contributed by atoms with van der Waals surface area (Å²) in [5, 5.41) is 0. The summed E-state index contributed by atoms with van der Waals surface area (Å²) in [7, 11) is 2.02. The van der Waals surface area contributed by atoms with Crippen LogP contribution in [-0.4, -0.2) is 25.8 Å². The molecule has 0 aliphatic rings. The zero-order chi connectivity index (χ0) is 13.1. The molecule has 1 aromatic carbocycles. The van der Waals surface area contributed by atoms with E-state index in [1.807, 2.05) is 25.2 Å². The van der Waals surface area contributed by atoms with Crippen LogP contribution in [-0.2, 0) is 4.74 Å². The number of likely N-dealkylation sites (N-methyl/N-ethyl adjacent to an activating group) is 1. The lowest BCUT2D eigenvalue weighted by molar-refractivity contribution is 0.00169. The van der Waals surface area contributed by atoms with E-state index < -0.39 is 0 Å². The van der Waals surface area contributed by atoms with Gasteiger partial charge in [0.05, 0.1) is 23.6 Å². The first kappa shape index (κ1) is 14.3. The van der Waals surface area contributed by atoms with Crippen LogP contribution in [0.15, 0.2) is 22.7 Å². The van der Waals surface area contributed by atoms with Gasteiger partial charge in [-0.3, -0.25) is 0 Å². The van der Waals surface area contributed by atoms with Gasteiger partial charge in [-0.15, -0.1) is 0 Å². The first-order valence-electron chi connectivity index (χ1n) is 5.70. The summed E-state index contributed by atoms with van der Waals surface area (Å²) < 4.78 is 6.69. The van der Waals surface area contributed by atoms with E-state index in [1.54, 1.807) is 0 Å². The molecule has 3 nitrogen and oxygen atoms in total. The Bertz CT molecular complexity index is 374. The van der Waals surface area contributed by atoms with E-state index in [-0.39, 0.29) is 5.60 Å². The molecule has 0 spiro atoms. The van der Waals surface area contributed by atoms with Gasteiger partial charge in [-0.25, -0.2) is 0 Å². The molecular formula is C13H21BrN2O. The predicted octanol–water partition coefficient (Wildman–Crippen LogP) is 3.28. The molecule has 1 aromatic rings. The maximum atomic E-state index is 5.97. The summed E-state index contributed by atoms with van der Waals surface area (Å²) in [6.45, 7) is 7.68. The molecule has 4 heteroatoms. The Labute approximate surface area is 112 Å². The minimum absolute atomic E-state index is 0.0912. The Morgan fingerprint density at radius 1 is 1.35 bits per heavy atom. The third-order valence-electron chi connectivity index (χ3n) is 2.36. The number of nitrogen functional groups attached to an aromatic ring is 1. The Balaban J connectivity index is 2.55. The Morgan fingerprint density at radius 3 is 2.53 bits per heavy atom. The molecule has 0 bridgehead atoms. The number of ether oxygens (including phenoxy) is 1. The van der Waals surface area contributed by atoms with Gasteiger partial charge in [-0.1, -0.05) is 15.9 Å². The van der Waals surface area contributed by atoms with Crippen LogP contribution in [0.25, 0.3) is 0 Å². The molecule has 0 aliphatic heterocycles. The molecule has 17 heavy (non-hydrogen) atoms. The van der Waals surface area contributed by atoms with Crippen molar-refractivity contribution in [3.8, 4) is 0 Å². The highest BCUT2D eigenvalue weighted by molar-refractivity contribution is 9.10. The standard InChI is InChI=1S/C13H21BrN2O/c1-13(2,3)17-8-7-16(4)12-6-5-10(14)9-11(12)15/h5-6,9H,7-8,15H2,1-4H3. The molecule has 0 saturated carbocycles. The maximum absolute atomic E-state index is 5.97. The highest BCUT2D eigenvalue weighted by Crippen LogP contribution is 2.25. The van der Waals surface area contributed by atoms with Crippen molar-refractivity contribution >= 4 is 27.3 Å². The van der Waals surface area contributed by atoms with Gasteiger partial charge in [0.25, 0.3) is 0 Å². The highest BCUT2D eigenvalue weighted by atomic mass is 79.9. The fourth-order valence-corrected chi connectivity index (χ4v) is 1.86. The lowest BCUT2D eigenvalue weighted by Gasteiger charge is -2.25. The first-order chi connectivity index (χ1) is 7.79. The minimum Gasteiger partial charge on any atom is -0.397 e. The fraction of sp³-hybridized carbons (Fsp3) is 0.538. The largest absolute Gasteiger partial charge is 0.397 e. The van der Waals surface area contributed by atoms with E-state index in [1.165, 1.54) is 0 Å². The van der Waals surface area contributed by atoms with Crippen LogP contribution in [0.3, 0.4) is 0 Å². The van der Waals surface area contributed by atoms with Crippen molar-refractivity contribution in [1.82, 2.24) is 0 Å². The highest BCUT2D eigenvalue weighted by Gasteiger charge is 2.11. The van der Waals surface area contributed by atoms with E-state index in [9.17, 15) is 0 Å². The van der Waals surface area contributed by atoms with E-state index in [4.69, 9.17) is 10.5 Å². The zero-order valence-electron chi connectivity index (χ0n) is 11.0. The van der Waals surface area contributed by atoms with Crippen molar-refractivity contribution in [3.63, 3.8) is 0 Å². The van der Waals surface area contributed by atoms with Crippen LogP contribution in [0, 0.1) is 0 Å². The van der Waals surface area contributed by atoms with Crippen LogP contribution in [0.4, 0.5) is 11.4 Å². The number of benzene rings is 1. The van der Waals surface area contributed by atoms with Crippen LogP contribution < -0.4 is 10.6 Å². The van der Waals surface area contributed by atoms with Crippen molar-refractivity contribution < 1.29 is 4.74 Å². The van der Waals surface area contributed by atoms with Gasteiger partial charge in [0.1, 0.15) is 0 Å². The summed E-state index contributed by atoms with van der Waals surface area (Å²) in [5.41, 5.74) is 7.68. The second-order valence-corrected chi connectivity index (χ2v) is 6.00. The van der Waals surface area contributed by atoms with Crippen molar-refractivity contribution in [3.05, 3.63) is 22.7 Å². The lowest BCUT2D eigenvalue weighted by Crippen LogP contribution is -2.28. The van der Waals surface area contributed by atoms with E-state index in [0.717, 1.165) is 22.4 Å².